The predicted molar refractivity (Wildman–Crippen MR) is 118 cm³/mol. The van der Waals surface area contributed by atoms with E-state index in [2.05, 4.69) is 10.3 Å². The van der Waals surface area contributed by atoms with Gasteiger partial charge in [0.2, 0.25) is 0 Å². The molecular weight excluding hydrogens is 412 g/mol. The van der Waals surface area contributed by atoms with E-state index < -0.39 is 0 Å². The maximum Gasteiger partial charge on any atom is 0.267 e. The Morgan fingerprint density at radius 3 is 2.90 bits per heavy atom. The van der Waals surface area contributed by atoms with Crippen molar-refractivity contribution in [2.45, 2.75) is 13.3 Å². The van der Waals surface area contributed by atoms with Crippen LogP contribution in [0.15, 0.2) is 28.0 Å². The van der Waals surface area contributed by atoms with Crippen LogP contribution in [0.25, 0.3) is 11.7 Å². The number of thioether (sulfide) groups is 1. The first-order chi connectivity index (χ1) is 14.0. The fourth-order valence-electron chi connectivity index (χ4n) is 2.82. The Balaban J connectivity index is 2.06. The van der Waals surface area contributed by atoms with Crippen LogP contribution in [0.5, 0.6) is 0 Å². The molecule has 2 aromatic heterocycles. The van der Waals surface area contributed by atoms with E-state index in [1.54, 1.807) is 19.4 Å². The highest BCUT2D eigenvalue weighted by Gasteiger charge is 2.32. The minimum atomic E-state index is -0.285. The molecule has 0 aliphatic carbocycles. The van der Waals surface area contributed by atoms with E-state index in [0.717, 1.165) is 17.3 Å². The lowest BCUT2D eigenvalue weighted by Crippen LogP contribution is -2.31. The SMILES string of the molecule is COCCN1C(=O)C(=Cc2c(NCCCO)nc3ccc(C)cn3c2=O)SC1=S. The van der Waals surface area contributed by atoms with Crippen LogP contribution < -0.4 is 10.9 Å². The average molecular weight is 435 g/mol. The van der Waals surface area contributed by atoms with E-state index in [4.69, 9.17) is 22.1 Å². The number of rotatable bonds is 8. The van der Waals surface area contributed by atoms with Gasteiger partial charge in [0, 0.05) is 26.5 Å². The van der Waals surface area contributed by atoms with E-state index in [9.17, 15) is 9.59 Å². The highest BCUT2D eigenvalue weighted by Crippen LogP contribution is 2.32. The van der Waals surface area contributed by atoms with Gasteiger partial charge in [-0.2, -0.15) is 0 Å². The molecule has 0 saturated carbocycles. The second kappa shape index (κ2) is 9.49. The number of aromatic nitrogens is 2. The van der Waals surface area contributed by atoms with E-state index >= 15 is 0 Å². The van der Waals surface area contributed by atoms with Gasteiger partial charge in [0.1, 0.15) is 15.8 Å². The molecule has 1 aliphatic heterocycles. The predicted octanol–water partition coefficient (Wildman–Crippen LogP) is 1.64. The van der Waals surface area contributed by atoms with Gasteiger partial charge in [-0.15, -0.1) is 0 Å². The number of fused-ring (bicyclic) bond motifs is 1. The molecule has 1 aliphatic rings. The number of amides is 1. The van der Waals surface area contributed by atoms with Gasteiger partial charge < -0.3 is 15.2 Å². The summed E-state index contributed by atoms with van der Waals surface area (Å²) in [5.74, 6) is 0.113. The fraction of sp³-hybridized carbons (Fsp3) is 0.368. The summed E-state index contributed by atoms with van der Waals surface area (Å²) >= 11 is 6.45. The van der Waals surface area contributed by atoms with Crippen molar-refractivity contribution in [2.75, 3.05) is 38.7 Å². The molecule has 154 valence electrons. The molecule has 3 heterocycles. The zero-order valence-electron chi connectivity index (χ0n) is 16.2. The van der Waals surface area contributed by atoms with Gasteiger partial charge in [0.15, 0.2) is 0 Å². The smallest absolute Gasteiger partial charge is 0.267 e. The van der Waals surface area contributed by atoms with Crippen molar-refractivity contribution < 1.29 is 14.6 Å². The Morgan fingerprint density at radius 1 is 1.38 bits per heavy atom. The maximum atomic E-state index is 13.2. The number of anilines is 1. The van der Waals surface area contributed by atoms with Gasteiger partial charge in [-0.1, -0.05) is 30.0 Å². The normalized spacial score (nSPS) is 15.7. The summed E-state index contributed by atoms with van der Waals surface area (Å²) in [6, 6.07) is 3.64. The Morgan fingerprint density at radius 2 is 2.17 bits per heavy atom. The molecule has 8 nitrogen and oxygen atoms in total. The average Bonchev–Trinajstić information content (AvgIpc) is 2.96. The number of aryl methyl sites for hydroxylation is 1. The molecule has 0 spiro atoms. The number of pyridine rings is 1. The Hall–Kier alpha value is -2.27. The highest BCUT2D eigenvalue weighted by atomic mass is 32.2. The number of aliphatic hydroxyl groups is 1. The van der Waals surface area contributed by atoms with Crippen molar-refractivity contribution in [3.05, 3.63) is 44.7 Å². The molecule has 29 heavy (non-hydrogen) atoms. The Labute approximate surface area is 177 Å². The minimum absolute atomic E-state index is 0.0201. The lowest BCUT2D eigenvalue weighted by molar-refractivity contribution is -0.122. The van der Waals surface area contributed by atoms with Crippen LogP contribution in [0.3, 0.4) is 0 Å². The molecule has 0 aromatic carbocycles. The van der Waals surface area contributed by atoms with E-state index in [1.165, 1.54) is 15.4 Å². The van der Waals surface area contributed by atoms with Gasteiger partial charge in [0.25, 0.3) is 11.5 Å². The molecule has 1 fully saturated rings. The molecule has 0 bridgehead atoms. The van der Waals surface area contributed by atoms with Crippen LogP contribution in [0.4, 0.5) is 5.82 Å². The quantitative estimate of drug-likeness (QED) is 0.368. The molecule has 1 amide bonds. The second-order valence-electron chi connectivity index (χ2n) is 6.44. The van der Waals surface area contributed by atoms with Crippen LogP contribution in [-0.2, 0) is 9.53 Å². The summed E-state index contributed by atoms with van der Waals surface area (Å²) in [5, 5.41) is 12.1. The van der Waals surface area contributed by atoms with Crippen molar-refractivity contribution in [1.82, 2.24) is 14.3 Å². The number of nitrogens with one attached hydrogen (secondary N) is 1. The molecular formula is C19H22N4O4S2. The largest absolute Gasteiger partial charge is 0.396 e. The summed E-state index contributed by atoms with van der Waals surface area (Å²) in [6.07, 6.45) is 3.76. The zero-order chi connectivity index (χ0) is 21.0. The number of ether oxygens (including phenoxy) is 1. The van der Waals surface area contributed by atoms with Gasteiger partial charge in [0.05, 0.1) is 23.6 Å². The third kappa shape index (κ3) is 4.67. The maximum absolute atomic E-state index is 13.2. The van der Waals surface area contributed by atoms with Crippen molar-refractivity contribution in [1.29, 1.82) is 0 Å². The van der Waals surface area contributed by atoms with Crippen molar-refractivity contribution in [2.24, 2.45) is 0 Å². The van der Waals surface area contributed by atoms with Crippen LogP contribution in [0.1, 0.15) is 17.5 Å². The molecule has 2 aromatic rings. The molecule has 3 rings (SSSR count). The molecule has 2 N–H and O–H groups in total. The lowest BCUT2D eigenvalue weighted by atomic mass is 10.2. The summed E-state index contributed by atoms with van der Waals surface area (Å²) in [7, 11) is 1.56. The topological polar surface area (TPSA) is 96.2 Å². The third-order valence-electron chi connectivity index (χ3n) is 4.30. The van der Waals surface area contributed by atoms with Crippen LogP contribution in [0, 0.1) is 6.92 Å². The van der Waals surface area contributed by atoms with Gasteiger partial charge >= 0.3 is 0 Å². The van der Waals surface area contributed by atoms with Crippen LogP contribution in [-0.4, -0.2) is 63.0 Å². The fourth-order valence-corrected chi connectivity index (χ4v) is 4.11. The summed E-state index contributed by atoms with van der Waals surface area (Å²) in [4.78, 5) is 32.3. The van der Waals surface area contributed by atoms with Crippen molar-refractivity contribution in [3.8, 4) is 0 Å². The van der Waals surface area contributed by atoms with Crippen LogP contribution in [0.2, 0.25) is 0 Å². The molecule has 0 atom stereocenters. The van der Waals surface area contributed by atoms with Crippen LogP contribution >= 0.6 is 24.0 Å². The first kappa shape index (κ1) is 21.4. The zero-order valence-corrected chi connectivity index (χ0v) is 17.8. The minimum Gasteiger partial charge on any atom is -0.396 e. The number of carbonyl (C=O) groups is 1. The van der Waals surface area contributed by atoms with E-state index in [0.29, 0.717) is 46.8 Å². The monoisotopic (exact) mass is 434 g/mol. The molecule has 0 unspecified atom stereocenters. The summed E-state index contributed by atoms with van der Waals surface area (Å²) in [6.45, 7) is 3.08. The number of hydrogen-bond acceptors (Lipinski definition) is 8. The number of hydrogen-bond donors (Lipinski definition) is 2. The van der Waals surface area contributed by atoms with E-state index in [1.807, 2.05) is 13.0 Å². The Kier molecular flexibility index (Phi) is 7.01. The number of thiocarbonyl (C=S) groups is 1. The number of aliphatic hydroxyl groups excluding tert-OH is 1. The van der Waals surface area contributed by atoms with Gasteiger partial charge in [-0.3, -0.25) is 18.9 Å². The second-order valence-corrected chi connectivity index (χ2v) is 8.12. The highest BCUT2D eigenvalue weighted by molar-refractivity contribution is 8.26. The van der Waals surface area contributed by atoms with Gasteiger partial charge in [-0.25, -0.2) is 4.98 Å². The standard InChI is InChI=1S/C19H22N4O4S2/c1-12-4-5-15-21-16(20-6-3-8-24)13(17(25)23(15)11-12)10-14-18(26)22(7-9-27-2)19(28)29-14/h4-5,10-11,20,24H,3,6-9H2,1-2H3. The number of nitrogens with zero attached hydrogens (tertiary/aromatic N) is 3. The summed E-state index contributed by atoms with van der Waals surface area (Å²) < 4.78 is 6.92. The van der Waals surface area contributed by atoms with Crippen molar-refractivity contribution in [3.63, 3.8) is 0 Å². The third-order valence-corrected chi connectivity index (χ3v) is 5.68. The van der Waals surface area contributed by atoms with E-state index in [-0.39, 0.29) is 23.6 Å². The van der Waals surface area contributed by atoms with Crippen molar-refractivity contribution >= 4 is 51.7 Å². The molecule has 0 radical (unpaired) electrons. The summed E-state index contributed by atoms with van der Waals surface area (Å²) in [5.41, 5.74) is 1.40. The van der Waals surface area contributed by atoms with Gasteiger partial charge in [-0.05, 0) is 31.1 Å². The lowest BCUT2D eigenvalue weighted by Gasteiger charge is -2.13. The Bertz CT molecular complexity index is 1030. The molecule has 1 saturated heterocycles. The number of methoxy groups -OCH3 is 1. The first-order valence-corrected chi connectivity index (χ1v) is 10.3. The molecule has 10 heteroatoms. The first-order valence-electron chi connectivity index (χ1n) is 9.08. The number of carbonyl (C=O) groups excluding carboxylic acids is 1.